The lowest BCUT2D eigenvalue weighted by Crippen LogP contribution is -2.60. The molecule has 2 bridgehead atoms. The highest BCUT2D eigenvalue weighted by Crippen LogP contribution is 2.40. The summed E-state index contributed by atoms with van der Waals surface area (Å²) >= 11 is 3.24. The van der Waals surface area contributed by atoms with Crippen molar-refractivity contribution in [3.05, 3.63) is 95.1 Å². The summed E-state index contributed by atoms with van der Waals surface area (Å²) in [4.78, 5) is 19.2. The molecular weight excluding hydrogens is 642 g/mol. The molecule has 0 saturated carbocycles. The second-order valence-corrected chi connectivity index (χ2v) is 13.6. The van der Waals surface area contributed by atoms with E-state index < -0.39 is 33.5 Å². The van der Waals surface area contributed by atoms with Crippen LogP contribution in [0, 0.1) is 0 Å². The lowest BCUT2D eigenvalue weighted by Gasteiger charge is -2.41. The average molecular weight is 672 g/mol. The maximum absolute atomic E-state index is 16.2. The van der Waals surface area contributed by atoms with E-state index >= 15 is 8.78 Å². The van der Waals surface area contributed by atoms with E-state index in [0.29, 0.717) is 52.6 Å². The van der Waals surface area contributed by atoms with Gasteiger partial charge in [-0.25, -0.2) is 13.4 Å². The van der Waals surface area contributed by atoms with E-state index in [1.54, 1.807) is 48.7 Å². The highest BCUT2D eigenvalue weighted by atomic mass is 79.9. The Morgan fingerprint density at radius 3 is 2.35 bits per heavy atom. The summed E-state index contributed by atoms with van der Waals surface area (Å²) in [6.07, 6.45) is 3.86. The maximum Gasteiger partial charge on any atom is 0.298 e. The molecule has 3 heterocycles. The van der Waals surface area contributed by atoms with Crippen molar-refractivity contribution in [2.24, 2.45) is 5.73 Å². The number of nitrogens with one attached hydrogen (secondary N) is 1. The van der Waals surface area contributed by atoms with Gasteiger partial charge in [0.05, 0.1) is 4.90 Å². The summed E-state index contributed by atoms with van der Waals surface area (Å²) in [6.45, 7) is 0. The minimum atomic E-state index is -4.57. The van der Waals surface area contributed by atoms with E-state index in [1.807, 2.05) is 0 Å². The van der Waals surface area contributed by atoms with E-state index in [4.69, 9.17) is 10.5 Å². The van der Waals surface area contributed by atoms with Crippen LogP contribution in [-0.2, 0) is 20.7 Å². The minimum absolute atomic E-state index is 0.129. The number of hydrogen-bond acceptors (Lipinski definition) is 6. The van der Waals surface area contributed by atoms with Gasteiger partial charge in [-0.15, -0.1) is 0 Å². The molecule has 3 atom stereocenters. The van der Waals surface area contributed by atoms with Gasteiger partial charge in [0, 0.05) is 40.4 Å². The minimum Gasteiger partial charge on any atom is -0.439 e. The molecule has 2 fully saturated rings. The van der Waals surface area contributed by atoms with Crippen molar-refractivity contribution in [3.63, 3.8) is 0 Å². The molecule has 3 aromatic carbocycles. The van der Waals surface area contributed by atoms with Crippen LogP contribution in [0.5, 0.6) is 11.6 Å². The van der Waals surface area contributed by atoms with E-state index in [2.05, 4.69) is 25.6 Å². The summed E-state index contributed by atoms with van der Waals surface area (Å²) in [5.74, 6) is -3.90. The average Bonchev–Trinajstić information content (AvgIpc) is 3.26. The highest BCUT2D eigenvalue weighted by molar-refractivity contribution is 9.10. The predicted molar refractivity (Wildman–Crippen MR) is 161 cm³/mol. The number of alkyl halides is 2. The quantitative estimate of drug-likeness (QED) is 0.248. The van der Waals surface area contributed by atoms with Gasteiger partial charge in [-0.1, -0.05) is 46.3 Å². The first-order valence-corrected chi connectivity index (χ1v) is 16.2. The van der Waals surface area contributed by atoms with Crippen LogP contribution in [0.15, 0.2) is 94.4 Å². The number of piperidine rings is 1. The van der Waals surface area contributed by atoms with Crippen LogP contribution in [0.3, 0.4) is 0 Å². The standard InChI is InChI=1S/C31H29BrF2N4O4S/c32-22-8-6-21(7-9-22)31(33,34)29(30(39)38-24-10-11-25(38)18-23(35)17-24)37-43(40,41)27-13-5-19-15-26(12-4-20(19)16-27)42-28-3-1-2-14-36-28/h1-9,12-16,23-25,29,37H,10-11,17-18,35H2/t23?,24?,25?,29-/m1/s1. The van der Waals surface area contributed by atoms with Crippen molar-refractivity contribution in [1.82, 2.24) is 14.6 Å². The summed E-state index contributed by atoms with van der Waals surface area (Å²) in [5.41, 5.74) is 5.67. The van der Waals surface area contributed by atoms with Gasteiger partial charge in [-0.3, -0.25) is 4.79 Å². The largest absolute Gasteiger partial charge is 0.439 e. The van der Waals surface area contributed by atoms with Gasteiger partial charge in [0.1, 0.15) is 5.75 Å². The topological polar surface area (TPSA) is 115 Å². The number of sulfonamides is 1. The number of nitrogens with zero attached hydrogens (tertiary/aromatic N) is 2. The fraction of sp³-hybridized carbons (Fsp3) is 0.290. The second kappa shape index (κ2) is 11.6. The Bertz CT molecular complexity index is 1750. The van der Waals surface area contributed by atoms with Gasteiger partial charge in [-0.2, -0.15) is 13.5 Å². The molecule has 1 aromatic heterocycles. The number of nitrogens with two attached hydrogens (primary N) is 1. The molecule has 1 amide bonds. The molecule has 0 radical (unpaired) electrons. The first-order chi connectivity index (χ1) is 20.5. The normalized spacial score (nSPS) is 21.1. The third-order valence-electron chi connectivity index (χ3n) is 8.09. The summed E-state index contributed by atoms with van der Waals surface area (Å²) in [7, 11) is -4.57. The van der Waals surface area contributed by atoms with Gasteiger partial charge in [0.15, 0.2) is 6.04 Å². The maximum atomic E-state index is 16.2. The third kappa shape index (κ3) is 6.01. The Kier molecular flexibility index (Phi) is 7.97. The van der Waals surface area contributed by atoms with E-state index in [-0.39, 0.29) is 23.0 Å². The molecule has 2 saturated heterocycles. The number of rotatable bonds is 8. The third-order valence-corrected chi connectivity index (χ3v) is 10.0. The second-order valence-electron chi connectivity index (χ2n) is 11.0. The Morgan fingerprint density at radius 1 is 1.00 bits per heavy atom. The number of benzene rings is 3. The summed E-state index contributed by atoms with van der Waals surface area (Å²) in [5, 5.41) is 1.21. The zero-order valence-corrected chi connectivity index (χ0v) is 25.3. The van der Waals surface area contributed by atoms with Gasteiger partial charge < -0.3 is 15.4 Å². The SMILES string of the molecule is NC1CC2CCC(C1)N2C(=O)[C@@H](NS(=O)(=O)c1ccc2cc(Oc3ccccn3)ccc2c1)C(F)(F)c1ccc(Br)cc1. The molecule has 2 aliphatic rings. The number of fused-ring (bicyclic) bond motifs is 3. The molecular formula is C31H29BrF2N4O4S. The number of amides is 1. The number of carbonyl (C=O) groups is 1. The van der Waals surface area contributed by atoms with Crippen molar-refractivity contribution < 1.29 is 26.7 Å². The molecule has 0 aliphatic carbocycles. The number of hydrogen-bond donors (Lipinski definition) is 2. The molecule has 8 nitrogen and oxygen atoms in total. The van der Waals surface area contributed by atoms with Crippen molar-refractivity contribution in [3.8, 4) is 11.6 Å². The van der Waals surface area contributed by atoms with Gasteiger partial charge in [0.25, 0.3) is 5.92 Å². The highest BCUT2D eigenvalue weighted by Gasteiger charge is 2.53. The molecule has 12 heteroatoms. The lowest BCUT2D eigenvalue weighted by molar-refractivity contribution is -0.149. The van der Waals surface area contributed by atoms with E-state index in [0.717, 1.165) is 0 Å². The fourth-order valence-corrected chi connectivity index (χ4v) is 7.52. The molecule has 2 unspecified atom stereocenters. The van der Waals surface area contributed by atoms with Crippen molar-refractivity contribution >= 4 is 42.6 Å². The van der Waals surface area contributed by atoms with Crippen LogP contribution in [0.25, 0.3) is 10.8 Å². The van der Waals surface area contributed by atoms with Crippen molar-refractivity contribution in [2.75, 3.05) is 0 Å². The zero-order valence-electron chi connectivity index (χ0n) is 22.9. The molecule has 0 spiro atoms. The van der Waals surface area contributed by atoms with E-state index in [1.165, 1.54) is 41.3 Å². The fourth-order valence-electron chi connectivity index (χ4n) is 6.03. The number of pyridine rings is 1. The Balaban J connectivity index is 1.32. The van der Waals surface area contributed by atoms with Gasteiger partial charge in [0.2, 0.25) is 21.8 Å². The van der Waals surface area contributed by atoms with Gasteiger partial charge in [-0.05, 0) is 78.9 Å². The lowest BCUT2D eigenvalue weighted by atomic mass is 9.95. The van der Waals surface area contributed by atoms with Crippen LogP contribution >= 0.6 is 15.9 Å². The first kappa shape index (κ1) is 29.6. The van der Waals surface area contributed by atoms with Crippen molar-refractivity contribution in [2.45, 2.75) is 60.7 Å². The smallest absolute Gasteiger partial charge is 0.298 e. The monoisotopic (exact) mass is 670 g/mol. The van der Waals surface area contributed by atoms with Crippen LogP contribution in [0.1, 0.15) is 31.2 Å². The van der Waals surface area contributed by atoms with Gasteiger partial charge >= 0.3 is 0 Å². The zero-order chi connectivity index (χ0) is 30.4. The number of ether oxygens (including phenoxy) is 1. The molecule has 2 aliphatic heterocycles. The van der Waals surface area contributed by atoms with E-state index in [9.17, 15) is 13.2 Å². The Labute approximate surface area is 256 Å². The molecule has 4 aromatic rings. The summed E-state index contributed by atoms with van der Waals surface area (Å²) < 4.78 is 68.2. The predicted octanol–water partition coefficient (Wildman–Crippen LogP) is 5.71. The molecule has 43 heavy (non-hydrogen) atoms. The summed E-state index contributed by atoms with van der Waals surface area (Å²) in [6, 6.07) is 16.7. The van der Waals surface area contributed by atoms with Crippen LogP contribution < -0.4 is 15.2 Å². The number of halogens is 3. The molecule has 3 N–H and O–H groups in total. The number of carbonyl (C=O) groups excluding carboxylic acids is 1. The van der Waals surface area contributed by atoms with Crippen LogP contribution in [0.4, 0.5) is 8.78 Å². The Morgan fingerprint density at radius 2 is 1.67 bits per heavy atom. The molecule has 6 rings (SSSR count). The van der Waals surface area contributed by atoms with Crippen LogP contribution in [-0.4, -0.2) is 48.4 Å². The Hall–Kier alpha value is -3.45. The number of aromatic nitrogens is 1. The van der Waals surface area contributed by atoms with Crippen LogP contribution in [0.2, 0.25) is 0 Å². The first-order valence-electron chi connectivity index (χ1n) is 13.9. The molecule has 224 valence electrons. The van der Waals surface area contributed by atoms with Crippen molar-refractivity contribution in [1.29, 1.82) is 0 Å².